The second-order valence-electron chi connectivity index (χ2n) is 3.95. The lowest BCUT2D eigenvalue weighted by molar-refractivity contribution is -0.116. The van der Waals surface area contributed by atoms with Gasteiger partial charge in [0.15, 0.2) is 5.78 Å². The Morgan fingerprint density at radius 1 is 1.25 bits per heavy atom. The lowest BCUT2D eigenvalue weighted by atomic mass is 9.94. The molecule has 2 rings (SSSR count). The third-order valence-electron chi connectivity index (χ3n) is 2.70. The summed E-state index contributed by atoms with van der Waals surface area (Å²) in [6.07, 6.45) is 5.50. The van der Waals surface area contributed by atoms with Gasteiger partial charge in [-0.05, 0) is 37.5 Å². The van der Waals surface area contributed by atoms with Gasteiger partial charge in [-0.25, -0.2) is 0 Å². The van der Waals surface area contributed by atoms with Crippen LogP contribution in [0.5, 0.6) is 0 Å². The Bertz CT molecular complexity index is 426. The fourth-order valence-electron chi connectivity index (χ4n) is 1.80. The average molecular weight is 236 g/mol. The third kappa shape index (κ3) is 2.86. The van der Waals surface area contributed by atoms with E-state index >= 15 is 0 Å². The van der Waals surface area contributed by atoms with Gasteiger partial charge in [-0.15, -0.1) is 0 Å². The van der Waals surface area contributed by atoms with E-state index < -0.39 is 0 Å². The molecule has 0 heterocycles. The average Bonchev–Trinajstić information content (AvgIpc) is 2.28. The molecular formula is C13H14ClNO. The van der Waals surface area contributed by atoms with E-state index in [9.17, 15) is 4.79 Å². The molecule has 0 atom stereocenters. The zero-order valence-electron chi connectivity index (χ0n) is 9.00. The minimum atomic E-state index is 0.265. The predicted octanol–water partition coefficient (Wildman–Crippen LogP) is 3.78. The monoisotopic (exact) mass is 235 g/mol. The van der Waals surface area contributed by atoms with Crippen molar-refractivity contribution in [2.45, 2.75) is 25.7 Å². The van der Waals surface area contributed by atoms with Crippen molar-refractivity contribution in [3.63, 3.8) is 0 Å². The summed E-state index contributed by atoms with van der Waals surface area (Å²) in [6, 6.07) is 7.47. The van der Waals surface area contributed by atoms with Gasteiger partial charge in [0.1, 0.15) is 0 Å². The minimum Gasteiger partial charge on any atom is -0.361 e. The van der Waals surface area contributed by atoms with Gasteiger partial charge in [0.25, 0.3) is 0 Å². The maximum atomic E-state index is 11.5. The second kappa shape index (κ2) is 5.17. The molecule has 3 heteroatoms. The van der Waals surface area contributed by atoms with Crippen molar-refractivity contribution in [2.75, 3.05) is 5.32 Å². The fraction of sp³-hybridized carbons (Fsp3) is 0.308. The Kier molecular flexibility index (Phi) is 3.62. The first-order valence-electron chi connectivity index (χ1n) is 5.50. The Balaban J connectivity index is 2.05. The quantitative estimate of drug-likeness (QED) is 0.791. The first kappa shape index (κ1) is 11.2. The topological polar surface area (TPSA) is 29.1 Å². The Labute approximate surface area is 100 Å². The number of Topliss-reactive ketones (excluding diaryl/α,β-unsaturated/α-hetero) is 1. The van der Waals surface area contributed by atoms with E-state index in [1.54, 1.807) is 0 Å². The number of hydrogen-bond acceptors (Lipinski definition) is 2. The van der Waals surface area contributed by atoms with E-state index in [0.29, 0.717) is 11.4 Å². The van der Waals surface area contributed by atoms with Crippen molar-refractivity contribution in [3.05, 3.63) is 41.1 Å². The number of ketones is 1. The number of carbonyl (C=O) groups is 1. The van der Waals surface area contributed by atoms with Crippen LogP contribution in [0.3, 0.4) is 0 Å². The number of benzene rings is 1. The van der Waals surface area contributed by atoms with Crippen LogP contribution in [0.1, 0.15) is 25.7 Å². The number of anilines is 1. The van der Waals surface area contributed by atoms with Crippen LogP contribution in [0.25, 0.3) is 0 Å². The van der Waals surface area contributed by atoms with Gasteiger partial charge in [0.2, 0.25) is 0 Å². The molecule has 16 heavy (non-hydrogen) atoms. The van der Waals surface area contributed by atoms with Crippen LogP contribution in [-0.2, 0) is 4.79 Å². The van der Waals surface area contributed by atoms with Gasteiger partial charge in [-0.3, -0.25) is 4.79 Å². The van der Waals surface area contributed by atoms with Crippen LogP contribution in [0.2, 0.25) is 5.02 Å². The summed E-state index contributed by atoms with van der Waals surface area (Å²) in [5, 5.41) is 3.81. The summed E-state index contributed by atoms with van der Waals surface area (Å²) in [7, 11) is 0. The highest BCUT2D eigenvalue weighted by Gasteiger charge is 2.14. The van der Waals surface area contributed by atoms with Crippen molar-refractivity contribution in [1.29, 1.82) is 0 Å². The summed E-state index contributed by atoms with van der Waals surface area (Å²) in [5.41, 5.74) is 1.81. The molecule has 0 radical (unpaired) electrons. The number of carbonyl (C=O) groups excluding carboxylic acids is 1. The molecule has 0 unspecified atom stereocenters. The van der Waals surface area contributed by atoms with E-state index in [1.807, 2.05) is 30.5 Å². The molecule has 0 spiro atoms. The number of halogens is 1. The maximum absolute atomic E-state index is 11.5. The van der Waals surface area contributed by atoms with Crippen molar-refractivity contribution in [2.24, 2.45) is 0 Å². The Hall–Kier alpha value is -1.28. The lowest BCUT2D eigenvalue weighted by Crippen LogP contribution is -2.09. The van der Waals surface area contributed by atoms with Gasteiger partial charge in [-0.2, -0.15) is 0 Å². The van der Waals surface area contributed by atoms with Gasteiger partial charge < -0.3 is 5.32 Å². The van der Waals surface area contributed by atoms with Crippen LogP contribution in [0.4, 0.5) is 5.69 Å². The number of rotatable bonds is 2. The molecule has 2 nitrogen and oxygen atoms in total. The van der Waals surface area contributed by atoms with E-state index in [0.717, 1.165) is 30.5 Å². The van der Waals surface area contributed by atoms with Crippen LogP contribution in [0, 0.1) is 0 Å². The van der Waals surface area contributed by atoms with Gasteiger partial charge in [0.05, 0.1) is 0 Å². The summed E-state index contributed by atoms with van der Waals surface area (Å²) in [5.74, 6) is 0.265. The molecule has 0 aliphatic heterocycles. The first-order valence-corrected chi connectivity index (χ1v) is 5.88. The van der Waals surface area contributed by atoms with Gasteiger partial charge >= 0.3 is 0 Å². The SMILES string of the molecule is O=C1CCCC/C1=C/Nc1cccc(Cl)c1. The smallest absolute Gasteiger partial charge is 0.160 e. The molecule has 0 aromatic heterocycles. The molecular weight excluding hydrogens is 222 g/mol. The number of allylic oxidation sites excluding steroid dienone is 1. The van der Waals surface area contributed by atoms with Crippen molar-refractivity contribution in [1.82, 2.24) is 0 Å². The molecule has 1 fully saturated rings. The first-order chi connectivity index (χ1) is 7.75. The zero-order valence-corrected chi connectivity index (χ0v) is 9.76. The van der Waals surface area contributed by atoms with Crippen molar-refractivity contribution >= 4 is 23.1 Å². The van der Waals surface area contributed by atoms with Crippen molar-refractivity contribution in [3.8, 4) is 0 Å². The van der Waals surface area contributed by atoms with Crippen LogP contribution >= 0.6 is 11.6 Å². The molecule has 0 saturated heterocycles. The van der Waals surface area contributed by atoms with E-state index in [1.165, 1.54) is 0 Å². The van der Waals surface area contributed by atoms with Crippen LogP contribution < -0.4 is 5.32 Å². The summed E-state index contributed by atoms with van der Waals surface area (Å²) >= 11 is 5.87. The van der Waals surface area contributed by atoms with E-state index in [2.05, 4.69) is 5.32 Å². The molecule has 1 aliphatic rings. The maximum Gasteiger partial charge on any atom is 0.160 e. The summed E-state index contributed by atoms with van der Waals surface area (Å²) in [4.78, 5) is 11.5. The van der Waals surface area contributed by atoms with E-state index in [4.69, 9.17) is 11.6 Å². The molecule has 1 aromatic carbocycles. The standard InChI is InChI=1S/C13H14ClNO/c14-11-5-3-6-12(8-11)15-9-10-4-1-2-7-13(10)16/h3,5-6,8-9,15H,1-2,4,7H2/b10-9-. The minimum absolute atomic E-state index is 0.265. The largest absolute Gasteiger partial charge is 0.361 e. The molecule has 1 N–H and O–H groups in total. The molecule has 1 aromatic rings. The normalized spacial score (nSPS) is 18.8. The zero-order chi connectivity index (χ0) is 11.4. The molecule has 1 saturated carbocycles. The highest BCUT2D eigenvalue weighted by atomic mass is 35.5. The number of nitrogens with one attached hydrogen (secondary N) is 1. The molecule has 1 aliphatic carbocycles. The van der Waals surface area contributed by atoms with Crippen LogP contribution in [-0.4, -0.2) is 5.78 Å². The molecule has 0 bridgehead atoms. The lowest BCUT2D eigenvalue weighted by Gasteiger charge is -2.12. The van der Waals surface area contributed by atoms with Gasteiger partial charge in [-0.1, -0.05) is 17.7 Å². The van der Waals surface area contributed by atoms with Crippen molar-refractivity contribution < 1.29 is 4.79 Å². The predicted molar refractivity (Wildman–Crippen MR) is 66.6 cm³/mol. The Morgan fingerprint density at radius 3 is 2.81 bits per heavy atom. The summed E-state index contributed by atoms with van der Waals surface area (Å²) in [6.45, 7) is 0. The third-order valence-corrected chi connectivity index (χ3v) is 2.93. The highest BCUT2D eigenvalue weighted by molar-refractivity contribution is 6.30. The second-order valence-corrected chi connectivity index (χ2v) is 4.39. The molecule has 0 amide bonds. The van der Waals surface area contributed by atoms with E-state index in [-0.39, 0.29) is 5.78 Å². The number of hydrogen-bond donors (Lipinski definition) is 1. The van der Waals surface area contributed by atoms with Crippen LogP contribution in [0.15, 0.2) is 36.0 Å². The molecule has 84 valence electrons. The fourth-order valence-corrected chi connectivity index (χ4v) is 1.99. The van der Waals surface area contributed by atoms with Gasteiger partial charge in [0, 0.05) is 28.9 Å². The summed E-state index contributed by atoms with van der Waals surface area (Å²) < 4.78 is 0. The Morgan fingerprint density at radius 2 is 2.06 bits per heavy atom. The highest BCUT2D eigenvalue weighted by Crippen LogP contribution is 2.20.